The van der Waals surface area contributed by atoms with Gasteiger partial charge in [-0.1, -0.05) is 53.2 Å². The van der Waals surface area contributed by atoms with Gasteiger partial charge in [0.25, 0.3) is 0 Å². The van der Waals surface area contributed by atoms with Gasteiger partial charge in [-0.25, -0.2) is 4.98 Å². The van der Waals surface area contributed by atoms with Crippen LogP contribution in [0.3, 0.4) is 0 Å². The molecule has 0 N–H and O–H groups in total. The highest BCUT2D eigenvalue weighted by atomic mass is 35.5. The minimum Gasteiger partial charge on any atom is -0.496 e. The van der Waals surface area contributed by atoms with E-state index in [0.717, 1.165) is 27.0 Å². The van der Waals surface area contributed by atoms with Gasteiger partial charge in [-0.15, -0.1) is 21.5 Å². The number of benzene rings is 2. The first-order valence-electron chi connectivity index (χ1n) is 8.62. The van der Waals surface area contributed by atoms with Gasteiger partial charge in [0.2, 0.25) is 0 Å². The number of thiazole rings is 1. The van der Waals surface area contributed by atoms with Gasteiger partial charge in [-0.2, -0.15) is 0 Å². The SMILES string of the molecule is COc1ccc(Cl)cc1-c1nnc(SCc2csc(-c3ccccc3Cl)n2)n1C. The number of aromatic nitrogens is 4. The van der Waals surface area contributed by atoms with Crippen molar-refractivity contribution in [3.8, 4) is 27.7 Å². The summed E-state index contributed by atoms with van der Waals surface area (Å²) >= 11 is 15.6. The van der Waals surface area contributed by atoms with Gasteiger partial charge in [0.05, 0.1) is 23.4 Å². The zero-order valence-corrected chi connectivity index (χ0v) is 18.7. The number of thioether (sulfide) groups is 1. The van der Waals surface area contributed by atoms with Crippen molar-refractivity contribution < 1.29 is 4.74 Å². The maximum atomic E-state index is 6.28. The lowest BCUT2D eigenvalue weighted by molar-refractivity contribution is 0.416. The molecule has 2 aromatic carbocycles. The molecule has 0 fully saturated rings. The monoisotopic (exact) mass is 462 g/mol. The fraction of sp³-hybridized carbons (Fsp3) is 0.150. The molecule has 148 valence electrons. The van der Waals surface area contributed by atoms with Crippen molar-refractivity contribution >= 4 is 46.3 Å². The van der Waals surface area contributed by atoms with Crippen LogP contribution in [0.25, 0.3) is 22.0 Å². The van der Waals surface area contributed by atoms with Gasteiger partial charge >= 0.3 is 0 Å². The van der Waals surface area contributed by atoms with E-state index >= 15 is 0 Å². The molecule has 0 unspecified atom stereocenters. The smallest absolute Gasteiger partial charge is 0.191 e. The van der Waals surface area contributed by atoms with Crippen molar-refractivity contribution in [2.24, 2.45) is 7.05 Å². The zero-order chi connectivity index (χ0) is 20.4. The Morgan fingerprint density at radius 3 is 2.72 bits per heavy atom. The van der Waals surface area contributed by atoms with Crippen LogP contribution >= 0.6 is 46.3 Å². The molecule has 2 aromatic heterocycles. The molecule has 2 heterocycles. The Kier molecular flexibility index (Phi) is 6.10. The number of rotatable bonds is 6. The van der Waals surface area contributed by atoms with Crippen molar-refractivity contribution in [1.29, 1.82) is 0 Å². The predicted molar refractivity (Wildman–Crippen MR) is 120 cm³/mol. The second-order valence-corrected chi connectivity index (χ2v) is 8.77. The number of hydrogen-bond acceptors (Lipinski definition) is 6. The summed E-state index contributed by atoms with van der Waals surface area (Å²) in [7, 11) is 3.55. The first kappa shape index (κ1) is 20.2. The van der Waals surface area contributed by atoms with Crippen LogP contribution in [-0.4, -0.2) is 26.9 Å². The molecule has 0 saturated carbocycles. The van der Waals surface area contributed by atoms with Crippen molar-refractivity contribution in [1.82, 2.24) is 19.7 Å². The third-order valence-corrected chi connectivity index (χ3v) is 6.79. The highest BCUT2D eigenvalue weighted by Crippen LogP contribution is 2.34. The molecule has 5 nitrogen and oxygen atoms in total. The van der Waals surface area contributed by atoms with E-state index in [-0.39, 0.29) is 0 Å². The highest BCUT2D eigenvalue weighted by Gasteiger charge is 2.16. The largest absolute Gasteiger partial charge is 0.496 e. The summed E-state index contributed by atoms with van der Waals surface area (Å²) < 4.78 is 7.37. The fourth-order valence-electron chi connectivity index (χ4n) is 2.80. The normalized spacial score (nSPS) is 11.0. The molecule has 0 spiro atoms. The summed E-state index contributed by atoms with van der Waals surface area (Å²) in [5.74, 6) is 2.08. The van der Waals surface area contributed by atoms with E-state index in [9.17, 15) is 0 Å². The summed E-state index contributed by atoms with van der Waals surface area (Å²) in [4.78, 5) is 4.71. The minimum atomic E-state index is 0.618. The van der Waals surface area contributed by atoms with Gasteiger partial charge in [-0.05, 0) is 24.3 Å². The first-order valence-corrected chi connectivity index (χ1v) is 11.2. The summed E-state index contributed by atoms with van der Waals surface area (Å²) in [6, 6.07) is 13.2. The Balaban J connectivity index is 1.53. The molecule has 4 rings (SSSR count). The van der Waals surface area contributed by atoms with E-state index in [1.165, 1.54) is 0 Å². The molecule has 0 amide bonds. The molecule has 4 aromatic rings. The van der Waals surface area contributed by atoms with Crippen LogP contribution < -0.4 is 4.74 Å². The van der Waals surface area contributed by atoms with E-state index in [4.69, 9.17) is 32.9 Å². The second kappa shape index (κ2) is 8.75. The van der Waals surface area contributed by atoms with Crippen molar-refractivity contribution in [2.45, 2.75) is 10.9 Å². The van der Waals surface area contributed by atoms with Crippen molar-refractivity contribution in [3.05, 3.63) is 63.6 Å². The van der Waals surface area contributed by atoms with Crippen LogP contribution in [0.15, 0.2) is 53.0 Å². The number of nitrogens with zero attached hydrogens (tertiary/aromatic N) is 4. The average molecular weight is 463 g/mol. The Hall–Kier alpha value is -2.06. The fourth-order valence-corrected chi connectivity index (χ4v) is 5.02. The second-order valence-electron chi connectivity index (χ2n) is 6.12. The lowest BCUT2D eigenvalue weighted by atomic mass is 10.2. The Morgan fingerprint density at radius 2 is 1.93 bits per heavy atom. The van der Waals surface area contributed by atoms with Crippen LogP contribution in [0.1, 0.15) is 5.69 Å². The summed E-state index contributed by atoms with van der Waals surface area (Å²) in [6.07, 6.45) is 0. The van der Waals surface area contributed by atoms with E-state index in [2.05, 4.69) is 10.2 Å². The van der Waals surface area contributed by atoms with Gasteiger partial charge in [-0.3, -0.25) is 0 Å². The van der Waals surface area contributed by atoms with Gasteiger partial charge in [0.1, 0.15) is 10.8 Å². The molecule has 0 saturated heterocycles. The molecule has 9 heteroatoms. The summed E-state index contributed by atoms with van der Waals surface area (Å²) in [6.45, 7) is 0. The quantitative estimate of drug-likeness (QED) is 0.318. The minimum absolute atomic E-state index is 0.618. The highest BCUT2D eigenvalue weighted by molar-refractivity contribution is 7.98. The maximum absolute atomic E-state index is 6.28. The topological polar surface area (TPSA) is 52.8 Å². The van der Waals surface area contributed by atoms with Crippen LogP contribution in [0, 0.1) is 0 Å². The van der Waals surface area contributed by atoms with Gasteiger partial charge in [0, 0.05) is 28.8 Å². The molecule has 0 atom stereocenters. The Labute approximate surface area is 186 Å². The lowest BCUT2D eigenvalue weighted by Crippen LogP contribution is -1.97. The zero-order valence-electron chi connectivity index (χ0n) is 15.6. The number of methoxy groups -OCH3 is 1. The molecular weight excluding hydrogens is 447 g/mol. The van der Waals surface area contributed by atoms with Crippen LogP contribution in [0.2, 0.25) is 10.0 Å². The molecule has 29 heavy (non-hydrogen) atoms. The average Bonchev–Trinajstić information content (AvgIpc) is 3.33. The van der Waals surface area contributed by atoms with Crippen LogP contribution in [0.4, 0.5) is 0 Å². The molecule has 0 bridgehead atoms. The predicted octanol–water partition coefficient (Wildman–Crippen LogP) is 6.21. The summed E-state index contributed by atoms with van der Waals surface area (Å²) in [5, 5.41) is 13.7. The maximum Gasteiger partial charge on any atom is 0.191 e. The Morgan fingerprint density at radius 1 is 1.10 bits per heavy atom. The molecule has 0 radical (unpaired) electrons. The molecule has 0 aliphatic heterocycles. The van der Waals surface area contributed by atoms with E-state index in [1.807, 2.05) is 53.4 Å². The van der Waals surface area contributed by atoms with Gasteiger partial charge in [0.15, 0.2) is 11.0 Å². The van der Waals surface area contributed by atoms with Crippen LogP contribution in [-0.2, 0) is 12.8 Å². The van der Waals surface area contributed by atoms with E-state index in [0.29, 0.717) is 27.4 Å². The van der Waals surface area contributed by atoms with E-state index < -0.39 is 0 Å². The van der Waals surface area contributed by atoms with E-state index in [1.54, 1.807) is 36.3 Å². The third kappa shape index (κ3) is 4.28. The third-order valence-electron chi connectivity index (χ3n) is 4.24. The number of halogens is 2. The summed E-state index contributed by atoms with van der Waals surface area (Å²) in [5.41, 5.74) is 2.72. The standard InChI is InChI=1S/C20H16Cl2N4OS2/c1-26-18(15-9-12(21)7-8-17(15)27-2)24-25-20(26)29-11-13-10-28-19(23-13)14-5-3-4-6-16(14)22/h3-10H,11H2,1-2H3. The first-order chi connectivity index (χ1) is 14.1. The lowest BCUT2D eigenvalue weighted by Gasteiger charge is -2.08. The molecule has 0 aliphatic rings. The van der Waals surface area contributed by atoms with Crippen molar-refractivity contribution in [2.75, 3.05) is 7.11 Å². The number of ether oxygens (including phenoxy) is 1. The van der Waals surface area contributed by atoms with Crippen molar-refractivity contribution in [3.63, 3.8) is 0 Å². The Bertz CT molecular complexity index is 1160. The van der Waals surface area contributed by atoms with Gasteiger partial charge < -0.3 is 9.30 Å². The number of hydrogen-bond donors (Lipinski definition) is 0. The molecular formula is C20H16Cl2N4OS2. The van der Waals surface area contributed by atoms with Crippen LogP contribution in [0.5, 0.6) is 5.75 Å². The molecule has 0 aliphatic carbocycles.